The third-order valence-corrected chi connectivity index (χ3v) is 4.18. The minimum Gasteiger partial charge on any atom is -0.294 e. The average Bonchev–Trinajstić information content (AvgIpc) is 2.50. The molecular formula is C18H16F2O. The standard InChI is InChI=1S/C18H16F2O/c19-16-10-4-9-15(18(16)20)17(21)11-13-7-3-6-12-5-1-2-8-14(12)13/h1-2,4-5,8-10,13H,3,6-7,11H2. The first-order valence-corrected chi connectivity index (χ1v) is 7.22. The van der Waals surface area contributed by atoms with Crippen molar-refractivity contribution >= 4 is 5.78 Å². The van der Waals surface area contributed by atoms with Gasteiger partial charge in [-0.1, -0.05) is 30.3 Å². The number of aryl methyl sites for hydroxylation is 1. The first-order valence-electron chi connectivity index (χ1n) is 7.22. The molecule has 3 rings (SSSR count). The Morgan fingerprint density at radius 2 is 1.90 bits per heavy atom. The third kappa shape index (κ3) is 2.73. The van der Waals surface area contributed by atoms with Gasteiger partial charge in [0.25, 0.3) is 0 Å². The van der Waals surface area contributed by atoms with E-state index in [4.69, 9.17) is 0 Å². The summed E-state index contributed by atoms with van der Waals surface area (Å²) >= 11 is 0. The Labute approximate surface area is 122 Å². The van der Waals surface area contributed by atoms with Gasteiger partial charge < -0.3 is 0 Å². The molecule has 0 saturated heterocycles. The van der Waals surface area contributed by atoms with Gasteiger partial charge in [-0.3, -0.25) is 4.79 Å². The van der Waals surface area contributed by atoms with Gasteiger partial charge >= 0.3 is 0 Å². The number of ketones is 1. The molecule has 0 bridgehead atoms. The lowest BCUT2D eigenvalue weighted by molar-refractivity contribution is 0.0966. The number of halogens is 2. The number of benzene rings is 2. The van der Waals surface area contributed by atoms with Gasteiger partial charge in [0.1, 0.15) is 0 Å². The Balaban J connectivity index is 1.85. The van der Waals surface area contributed by atoms with E-state index >= 15 is 0 Å². The zero-order valence-corrected chi connectivity index (χ0v) is 11.6. The lowest BCUT2D eigenvalue weighted by atomic mass is 9.79. The molecule has 0 N–H and O–H groups in total. The maximum Gasteiger partial charge on any atom is 0.169 e. The van der Waals surface area contributed by atoms with E-state index in [1.54, 1.807) is 0 Å². The molecule has 0 fully saturated rings. The van der Waals surface area contributed by atoms with Gasteiger partial charge in [0.2, 0.25) is 0 Å². The molecule has 0 heterocycles. The van der Waals surface area contributed by atoms with Crippen LogP contribution in [0.4, 0.5) is 8.78 Å². The van der Waals surface area contributed by atoms with Crippen LogP contribution < -0.4 is 0 Å². The van der Waals surface area contributed by atoms with Gasteiger partial charge in [0.15, 0.2) is 17.4 Å². The molecule has 1 nitrogen and oxygen atoms in total. The van der Waals surface area contributed by atoms with Crippen molar-refractivity contribution in [3.05, 3.63) is 70.8 Å². The molecule has 2 aromatic rings. The molecule has 1 aliphatic carbocycles. The van der Waals surface area contributed by atoms with Gasteiger partial charge in [-0.05, 0) is 48.4 Å². The molecule has 0 saturated carbocycles. The SMILES string of the molecule is O=C(CC1CCCc2ccccc21)c1cccc(F)c1F. The number of fused-ring (bicyclic) bond motifs is 1. The van der Waals surface area contributed by atoms with Gasteiger partial charge in [0.05, 0.1) is 5.56 Å². The number of rotatable bonds is 3. The summed E-state index contributed by atoms with van der Waals surface area (Å²) in [5.41, 5.74) is 2.30. The molecule has 0 radical (unpaired) electrons. The van der Waals surface area contributed by atoms with E-state index in [0.29, 0.717) is 0 Å². The normalized spacial score (nSPS) is 17.3. The minimum atomic E-state index is -1.04. The van der Waals surface area contributed by atoms with Crippen LogP contribution >= 0.6 is 0 Å². The number of carbonyl (C=O) groups excluding carboxylic acids is 1. The van der Waals surface area contributed by atoms with E-state index in [9.17, 15) is 13.6 Å². The molecule has 3 heteroatoms. The second-order valence-corrected chi connectivity index (χ2v) is 5.52. The van der Waals surface area contributed by atoms with Crippen LogP contribution in [0.15, 0.2) is 42.5 Å². The highest BCUT2D eigenvalue weighted by atomic mass is 19.2. The number of hydrogen-bond donors (Lipinski definition) is 0. The van der Waals surface area contributed by atoms with Crippen molar-refractivity contribution in [2.24, 2.45) is 0 Å². The second kappa shape index (κ2) is 5.76. The van der Waals surface area contributed by atoms with Crippen LogP contribution in [-0.2, 0) is 6.42 Å². The number of hydrogen-bond acceptors (Lipinski definition) is 1. The van der Waals surface area contributed by atoms with Crippen molar-refractivity contribution in [2.45, 2.75) is 31.6 Å². The first-order chi connectivity index (χ1) is 10.2. The second-order valence-electron chi connectivity index (χ2n) is 5.52. The Morgan fingerprint density at radius 1 is 1.10 bits per heavy atom. The van der Waals surface area contributed by atoms with Crippen LogP contribution in [0.2, 0.25) is 0 Å². The summed E-state index contributed by atoms with van der Waals surface area (Å²) in [7, 11) is 0. The van der Waals surface area contributed by atoms with Gasteiger partial charge in [-0.25, -0.2) is 8.78 Å². The molecule has 1 atom stereocenters. The summed E-state index contributed by atoms with van der Waals surface area (Å²) in [6, 6.07) is 11.8. The predicted molar refractivity (Wildman–Crippen MR) is 77.4 cm³/mol. The molecule has 0 spiro atoms. The number of carbonyl (C=O) groups is 1. The van der Waals surface area contributed by atoms with Gasteiger partial charge in [-0.2, -0.15) is 0 Å². The zero-order chi connectivity index (χ0) is 14.8. The zero-order valence-electron chi connectivity index (χ0n) is 11.6. The van der Waals surface area contributed by atoms with Crippen LogP contribution in [0.1, 0.15) is 46.7 Å². The van der Waals surface area contributed by atoms with Crippen molar-refractivity contribution < 1.29 is 13.6 Å². The molecule has 2 aromatic carbocycles. The maximum absolute atomic E-state index is 13.7. The van der Waals surface area contributed by atoms with E-state index in [0.717, 1.165) is 25.3 Å². The maximum atomic E-state index is 13.7. The highest BCUT2D eigenvalue weighted by molar-refractivity contribution is 5.96. The van der Waals surface area contributed by atoms with Gasteiger partial charge in [0, 0.05) is 6.42 Å². The summed E-state index contributed by atoms with van der Waals surface area (Å²) in [5, 5.41) is 0. The lowest BCUT2D eigenvalue weighted by Crippen LogP contribution is -2.15. The Kier molecular flexibility index (Phi) is 3.82. The van der Waals surface area contributed by atoms with Crippen molar-refractivity contribution in [3.8, 4) is 0 Å². The van der Waals surface area contributed by atoms with Crippen molar-refractivity contribution in [1.82, 2.24) is 0 Å². The minimum absolute atomic E-state index is 0.102. The average molecular weight is 286 g/mol. The predicted octanol–water partition coefficient (Wildman–Crippen LogP) is 4.66. The van der Waals surface area contributed by atoms with E-state index in [-0.39, 0.29) is 23.7 Å². The number of Topliss-reactive ketones (excluding diaryl/α,β-unsaturated/α-hetero) is 1. The van der Waals surface area contributed by atoms with E-state index in [1.165, 1.54) is 23.3 Å². The van der Waals surface area contributed by atoms with Crippen molar-refractivity contribution in [2.75, 3.05) is 0 Å². The molecule has 21 heavy (non-hydrogen) atoms. The van der Waals surface area contributed by atoms with E-state index in [1.807, 2.05) is 18.2 Å². The molecule has 0 aliphatic heterocycles. The van der Waals surface area contributed by atoms with E-state index in [2.05, 4.69) is 6.07 Å². The van der Waals surface area contributed by atoms with Crippen molar-refractivity contribution in [3.63, 3.8) is 0 Å². The quantitative estimate of drug-likeness (QED) is 0.750. The molecule has 0 aromatic heterocycles. The van der Waals surface area contributed by atoms with Crippen LogP contribution in [0.25, 0.3) is 0 Å². The van der Waals surface area contributed by atoms with Crippen LogP contribution in [0, 0.1) is 11.6 Å². The summed E-state index contributed by atoms with van der Waals surface area (Å²) in [6.45, 7) is 0. The van der Waals surface area contributed by atoms with Crippen LogP contribution in [0.5, 0.6) is 0 Å². The molecule has 1 aliphatic rings. The fraction of sp³-hybridized carbons (Fsp3) is 0.278. The van der Waals surface area contributed by atoms with Crippen LogP contribution in [0.3, 0.4) is 0 Å². The molecular weight excluding hydrogens is 270 g/mol. The van der Waals surface area contributed by atoms with Crippen molar-refractivity contribution in [1.29, 1.82) is 0 Å². The molecule has 0 amide bonds. The topological polar surface area (TPSA) is 17.1 Å². The summed E-state index contributed by atoms with van der Waals surface area (Å²) < 4.78 is 26.9. The van der Waals surface area contributed by atoms with Crippen LogP contribution in [-0.4, -0.2) is 5.78 Å². The molecule has 1 unspecified atom stereocenters. The monoisotopic (exact) mass is 286 g/mol. The highest BCUT2D eigenvalue weighted by Crippen LogP contribution is 2.34. The summed E-state index contributed by atoms with van der Waals surface area (Å²) in [4.78, 5) is 12.3. The highest BCUT2D eigenvalue weighted by Gasteiger charge is 2.24. The Hall–Kier alpha value is -2.03. The lowest BCUT2D eigenvalue weighted by Gasteiger charge is -2.25. The largest absolute Gasteiger partial charge is 0.294 e. The Bertz CT molecular complexity index is 679. The van der Waals surface area contributed by atoms with E-state index < -0.39 is 11.6 Å². The summed E-state index contributed by atoms with van der Waals surface area (Å²) in [5.74, 6) is -2.23. The smallest absolute Gasteiger partial charge is 0.169 e. The Morgan fingerprint density at radius 3 is 2.76 bits per heavy atom. The molecule has 108 valence electrons. The summed E-state index contributed by atoms with van der Waals surface area (Å²) in [6.07, 6.45) is 3.20. The van der Waals surface area contributed by atoms with Gasteiger partial charge in [-0.15, -0.1) is 0 Å². The first kappa shape index (κ1) is 13.9. The third-order valence-electron chi connectivity index (χ3n) is 4.18. The fourth-order valence-corrected chi connectivity index (χ4v) is 3.12. The fourth-order valence-electron chi connectivity index (χ4n) is 3.12.